The van der Waals surface area contributed by atoms with Crippen LogP contribution in [0.25, 0.3) is 10.9 Å². The van der Waals surface area contributed by atoms with Crippen LogP contribution in [0.2, 0.25) is 0 Å². The zero-order valence-electron chi connectivity index (χ0n) is 55.1. The second-order valence-corrected chi connectivity index (χ2v) is 25.9. The highest BCUT2D eigenvalue weighted by Crippen LogP contribution is 2.40. The molecule has 0 unspecified atom stereocenters. The number of nitrogens with zero attached hydrogens (tertiary/aromatic N) is 5. The summed E-state index contributed by atoms with van der Waals surface area (Å²) in [6, 6.07) is 9.84. The highest BCUT2D eigenvalue weighted by atomic mass is 16.7. The minimum atomic E-state index is -2.63. The Morgan fingerprint density at radius 3 is 2.33 bits per heavy atom. The third-order valence-electron chi connectivity index (χ3n) is 19.5. The number of cyclic esters (lactones) is 1. The van der Waals surface area contributed by atoms with Gasteiger partial charge in [0.05, 0.1) is 42.6 Å². The van der Waals surface area contributed by atoms with Gasteiger partial charge in [0.1, 0.15) is 42.8 Å². The summed E-state index contributed by atoms with van der Waals surface area (Å²) in [6.07, 6.45) is 8.82. The van der Waals surface area contributed by atoms with E-state index in [9.17, 15) is 49.5 Å². The number of ether oxygens (including phenoxy) is 7. The molecule has 2 aromatic carbocycles. The summed E-state index contributed by atoms with van der Waals surface area (Å²) in [6.45, 7) is 10.0. The predicted octanol–water partition coefficient (Wildman–Crippen LogP) is 5.86. The molecule has 23 nitrogen and oxygen atoms in total. The number of methoxy groups -OCH3 is 3. The molecule has 3 saturated heterocycles. The number of aromatic nitrogens is 2. The topological polar surface area (TPSA) is 299 Å². The number of hydrogen-bond donors (Lipinski definition) is 6. The van der Waals surface area contributed by atoms with Crippen molar-refractivity contribution in [1.29, 1.82) is 0 Å². The molecule has 1 aromatic heterocycles. The van der Waals surface area contributed by atoms with Crippen molar-refractivity contribution >= 4 is 51.8 Å². The fourth-order valence-electron chi connectivity index (χ4n) is 13.8. The first-order chi connectivity index (χ1) is 44.7. The Balaban J connectivity index is 0.977. The maximum Gasteiger partial charge on any atom is 0.329 e. The summed E-state index contributed by atoms with van der Waals surface area (Å²) >= 11 is 0. The van der Waals surface area contributed by atoms with Gasteiger partial charge in [-0.2, -0.15) is 0 Å². The second-order valence-electron chi connectivity index (χ2n) is 25.9. The summed E-state index contributed by atoms with van der Waals surface area (Å²) in [5.41, 5.74) is 3.44. The van der Waals surface area contributed by atoms with Gasteiger partial charge in [-0.1, -0.05) is 43.6 Å². The van der Waals surface area contributed by atoms with Gasteiger partial charge in [0.25, 0.3) is 11.7 Å². The van der Waals surface area contributed by atoms with Crippen molar-refractivity contribution in [2.75, 3.05) is 92.3 Å². The van der Waals surface area contributed by atoms with E-state index in [0.29, 0.717) is 130 Å². The standard InChI is InChI=1S/C70H98N6O17/c1-9-47-15-12-17-51(36-47)73-67-53-38-59(60(90-29-14-28-77)39-54(53)71-42-72-67)91-30-27-74-23-25-75(26-24-74)63(82)19-13-16-49-31-43(2)32-52(87-6)37-62(89-8)65-61(88-7)34-45(4)70(86,93-65)66(83)68(84)76-22-11-10-18-55(76)69(85)92-64(46(5)57(80)40-58(49)81)44(3)33-48-20-21-56(79)50(35-48)41-78/h1,12,15,17,31,33,36,38-39,42,45-46,48-50,52,55-57,61-62,64-65,77-80,86H,10-11,13-14,16,18-30,32,34-35,37,40-41H2,2-8H3,(H,71,72,73)/b43-31+,44-33+/t45-,46-,48+,49-,50+,52+,55+,56-,57+,61+,62+,64-,65+,70-/m1/s1. The summed E-state index contributed by atoms with van der Waals surface area (Å²) < 4.78 is 43.1. The number of piperazine rings is 1. The number of Topliss-reactive ketones (excluding diaryl/α,β-unsaturated/α-hetero) is 2. The van der Waals surface area contributed by atoms with Crippen molar-refractivity contribution in [3.05, 3.63) is 71.6 Å². The van der Waals surface area contributed by atoms with Gasteiger partial charge in [-0.05, 0) is 114 Å². The van der Waals surface area contributed by atoms with Crippen LogP contribution in [0.15, 0.2) is 66.0 Å². The van der Waals surface area contributed by atoms with Crippen molar-refractivity contribution in [3.63, 3.8) is 0 Å². The van der Waals surface area contributed by atoms with Crippen LogP contribution >= 0.6 is 0 Å². The summed E-state index contributed by atoms with van der Waals surface area (Å²) in [7, 11) is 4.50. The number of allylic oxidation sites excluding steroid dienone is 2. The average molecular weight is 1300 g/mol. The number of benzene rings is 2. The summed E-state index contributed by atoms with van der Waals surface area (Å²) in [5.74, 6) is -5.01. The molecule has 2 amide bonds. The van der Waals surface area contributed by atoms with Gasteiger partial charge < -0.3 is 73.8 Å². The quantitative estimate of drug-likeness (QED) is 0.0254. The molecule has 4 fully saturated rings. The van der Waals surface area contributed by atoms with Crippen molar-refractivity contribution < 1.29 is 82.7 Å². The number of nitrogens with one attached hydrogen (secondary N) is 1. The molecule has 1 aliphatic carbocycles. The maximum atomic E-state index is 14.9. The number of anilines is 2. The number of aliphatic hydroxyl groups excluding tert-OH is 4. The number of terminal acetylenes is 1. The fraction of sp³-hybridized carbons (Fsp3) is 0.643. The lowest BCUT2D eigenvalue weighted by Gasteiger charge is -2.47. The van der Waals surface area contributed by atoms with Gasteiger partial charge in [-0.3, -0.25) is 24.1 Å². The molecular weight excluding hydrogens is 1200 g/mol. The van der Waals surface area contributed by atoms with Crippen LogP contribution in [0, 0.1) is 41.9 Å². The Kier molecular flexibility index (Phi) is 26.7. The van der Waals surface area contributed by atoms with Crippen molar-refractivity contribution in [2.24, 2.45) is 29.6 Å². The molecule has 8 rings (SSSR count). The number of ketones is 2. The molecule has 3 aromatic rings. The molecule has 1 saturated carbocycles. The molecule has 5 heterocycles. The van der Waals surface area contributed by atoms with E-state index in [4.69, 9.17) is 39.6 Å². The first kappa shape index (κ1) is 72.4. The van der Waals surface area contributed by atoms with E-state index < -0.39 is 90.0 Å². The molecule has 93 heavy (non-hydrogen) atoms. The molecule has 0 spiro atoms. The van der Waals surface area contributed by atoms with E-state index in [0.717, 1.165) is 16.2 Å². The normalized spacial score (nSPS) is 30.7. The fourth-order valence-corrected chi connectivity index (χ4v) is 13.8. The zero-order valence-corrected chi connectivity index (χ0v) is 55.1. The van der Waals surface area contributed by atoms with Crippen LogP contribution in [0.3, 0.4) is 0 Å². The van der Waals surface area contributed by atoms with Gasteiger partial charge >= 0.3 is 5.97 Å². The molecule has 6 N–H and O–H groups in total. The van der Waals surface area contributed by atoms with Crippen LogP contribution in [0.5, 0.6) is 11.5 Å². The molecule has 5 aliphatic rings. The number of esters is 1. The molecule has 23 heteroatoms. The molecule has 510 valence electrons. The number of hydrogen-bond acceptors (Lipinski definition) is 21. The number of piperidine rings is 1. The highest BCUT2D eigenvalue weighted by Gasteiger charge is 2.57. The minimum absolute atomic E-state index is 0.0179. The first-order valence-corrected chi connectivity index (χ1v) is 33.1. The van der Waals surface area contributed by atoms with Crippen LogP contribution < -0.4 is 14.8 Å². The largest absolute Gasteiger partial charge is 0.490 e. The third-order valence-corrected chi connectivity index (χ3v) is 19.5. The molecule has 4 aliphatic heterocycles. The predicted molar refractivity (Wildman–Crippen MR) is 346 cm³/mol. The molecule has 2 bridgehead atoms. The molecule has 0 radical (unpaired) electrons. The van der Waals surface area contributed by atoms with E-state index in [1.54, 1.807) is 33.9 Å². The number of aliphatic hydroxyl groups is 5. The van der Waals surface area contributed by atoms with Crippen LogP contribution in [-0.2, 0) is 47.7 Å². The lowest BCUT2D eigenvalue weighted by atomic mass is 9.78. The van der Waals surface area contributed by atoms with Gasteiger partial charge in [-0.25, -0.2) is 14.8 Å². The second kappa shape index (κ2) is 34.3. The Hall–Kier alpha value is -6.43. The van der Waals surface area contributed by atoms with E-state index in [-0.39, 0.29) is 88.4 Å². The lowest BCUT2D eigenvalue weighted by Crippen LogP contribution is -2.64. The van der Waals surface area contributed by atoms with Gasteiger partial charge in [0.15, 0.2) is 11.5 Å². The van der Waals surface area contributed by atoms with Crippen LogP contribution in [-0.4, -0.2) is 221 Å². The van der Waals surface area contributed by atoms with Gasteiger partial charge in [-0.15, -0.1) is 6.42 Å². The van der Waals surface area contributed by atoms with Gasteiger partial charge in [0.2, 0.25) is 11.7 Å². The smallest absolute Gasteiger partial charge is 0.329 e. The molecule has 14 atom stereocenters. The van der Waals surface area contributed by atoms with Gasteiger partial charge in [0, 0.05) is 146 Å². The maximum absolute atomic E-state index is 14.9. The Morgan fingerprint density at radius 1 is 0.871 bits per heavy atom. The van der Waals surface area contributed by atoms with E-state index in [1.165, 1.54) is 20.5 Å². The SMILES string of the molecule is C#Cc1cccc(Nc2ncnc3cc(OCCCO)c(OCCN4CCN(C(=O)CCC[C@@H]5/C=C(\C)C[C@H](OC)C[C@H](OC)[C@H]6O[C@@](O)(C(=O)C(=O)N7CCCC[C@H]7C(=O)O[C@H](/C(C)=C/[C@@H]7CC[C@@H](O)[C@H](CO)C7)[C@H](C)[C@@H](O)CC5=O)[C@H](C)C[C@@H]6OC)CC4)cc23)c1. The lowest BCUT2D eigenvalue weighted by molar-refractivity contribution is -0.303. The zero-order chi connectivity index (χ0) is 66.9. The Labute approximate surface area is 546 Å². The number of fused-ring (bicyclic) bond motifs is 4. The highest BCUT2D eigenvalue weighted by molar-refractivity contribution is 6.39. The van der Waals surface area contributed by atoms with Crippen molar-refractivity contribution in [1.82, 2.24) is 24.7 Å². The van der Waals surface area contributed by atoms with Crippen LogP contribution in [0.4, 0.5) is 11.5 Å². The molecular formula is C70H98N6O17. The monoisotopic (exact) mass is 1290 g/mol. The number of carbonyl (C=O) groups is 5. The third kappa shape index (κ3) is 18.5. The summed E-state index contributed by atoms with van der Waals surface area (Å²) in [4.78, 5) is 86.9. The van der Waals surface area contributed by atoms with Crippen molar-refractivity contribution in [2.45, 2.75) is 172 Å². The number of carbonyl (C=O) groups excluding carboxylic acids is 5. The Bertz CT molecular complexity index is 3130. The van der Waals surface area contributed by atoms with Crippen molar-refractivity contribution in [3.8, 4) is 23.8 Å². The van der Waals surface area contributed by atoms with E-state index >= 15 is 0 Å². The van der Waals surface area contributed by atoms with Crippen LogP contribution in [0.1, 0.15) is 123 Å². The summed E-state index contributed by atoms with van der Waals surface area (Å²) in [5, 5.41) is 58.8. The Morgan fingerprint density at radius 2 is 1.61 bits per heavy atom. The number of rotatable bonds is 20. The first-order valence-electron chi connectivity index (χ1n) is 33.1. The average Bonchev–Trinajstić information content (AvgIpc) is 0.835. The minimum Gasteiger partial charge on any atom is -0.490 e. The number of amides is 2. The van der Waals surface area contributed by atoms with E-state index in [1.807, 2.05) is 54.3 Å². The van der Waals surface area contributed by atoms with E-state index in [2.05, 4.69) is 26.1 Å².